The van der Waals surface area contributed by atoms with Gasteiger partial charge in [-0.1, -0.05) is 19.1 Å². The van der Waals surface area contributed by atoms with Crippen molar-refractivity contribution >= 4 is 22.6 Å². The average molecular weight is 410 g/mol. The summed E-state index contributed by atoms with van der Waals surface area (Å²) in [5, 5.41) is 3.86. The maximum absolute atomic E-state index is 12.7. The third-order valence-electron chi connectivity index (χ3n) is 5.28. The van der Waals surface area contributed by atoms with Gasteiger partial charge in [-0.05, 0) is 55.7 Å². The number of aryl methyl sites for hydroxylation is 2. The van der Waals surface area contributed by atoms with E-state index in [1.807, 2.05) is 44.2 Å². The number of para-hydroxylation sites is 2. The Kier molecular flexibility index (Phi) is 6.90. The van der Waals surface area contributed by atoms with Crippen LogP contribution in [0.4, 0.5) is 5.69 Å². The Labute approximate surface area is 176 Å². The molecule has 0 fully saturated rings. The van der Waals surface area contributed by atoms with Crippen molar-refractivity contribution in [1.29, 1.82) is 0 Å². The summed E-state index contributed by atoms with van der Waals surface area (Å²) in [4.78, 5) is 25.9. The molecule has 3 rings (SSSR count). The second-order valence-electron chi connectivity index (χ2n) is 7.63. The van der Waals surface area contributed by atoms with Crippen molar-refractivity contribution < 1.29 is 18.8 Å². The van der Waals surface area contributed by atoms with Gasteiger partial charge in [0.2, 0.25) is 0 Å². The Hall–Kier alpha value is -3.12. The molecule has 1 atom stereocenters. The number of anilines is 1. The van der Waals surface area contributed by atoms with E-state index >= 15 is 0 Å². The summed E-state index contributed by atoms with van der Waals surface area (Å²) in [6.07, 6.45) is 0.925. The maximum Gasteiger partial charge on any atom is 0.336 e. The van der Waals surface area contributed by atoms with Crippen molar-refractivity contribution in [2.45, 2.75) is 33.7 Å². The molecule has 1 amide bonds. The number of hydrogen-bond donors (Lipinski definition) is 2. The monoisotopic (exact) mass is 409 g/mol. The van der Waals surface area contributed by atoms with Gasteiger partial charge in [0, 0.05) is 17.0 Å². The first-order valence-electron chi connectivity index (χ1n) is 10.2. The Balaban J connectivity index is 1.83. The summed E-state index contributed by atoms with van der Waals surface area (Å²) in [5.41, 5.74) is 4.00. The van der Waals surface area contributed by atoms with Gasteiger partial charge in [-0.25, -0.2) is 4.79 Å². The summed E-state index contributed by atoms with van der Waals surface area (Å²) >= 11 is 0. The predicted octanol–water partition coefficient (Wildman–Crippen LogP) is 2.85. The second-order valence-corrected chi connectivity index (χ2v) is 7.63. The molecular weight excluding hydrogens is 380 g/mol. The molecule has 3 aromatic rings. The number of benzene rings is 2. The summed E-state index contributed by atoms with van der Waals surface area (Å²) in [6, 6.07) is 12.9. The standard InChI is InChI=1S/C24H28N2O4/c1-5-10-26(15-23(27)25-20-8-6-7-9-21(20)29-4)14-18-13-24(28)30-22-12-17(3)16(2)11-19(18)22/h6-9,11-13H,5,10,14-15H2,1-4H3,(H,25,27)/p+1. The van der Waals surface area contributed by atoms with Gasteiger partial charge in [-0.3, -0.25) is 4.79 Å². The van der Waals surface area contributed by atoms with Crippen molar-refractivity contribution in [3.63, 3.8) is 0 Å². The number of quaternary nitrogens is 1. The van der Waals surface area contributed by atoms with E-state index in [4.69, 9.17) is 9.15 Å². The highest BCUT2D eigenvalue weighted by Crippen LogP contribution is 2.23. The lowest BCUT2D eigenvalue weighted by Gasteiger charge is -2.20. The molecule has 2 aromatic carbocycles. The van der Waals surface area contributed by atoms with E-state index in [1.54, 1.807) is 13.2 Å². The molecule has 1 aromatic heterocycles. The van der Waals surface area contributed by atoms with Crippen LogP contribution >= 0.6 is 0 Å². The van der Waals surface area contributed by atoms with Crippen molar-refractivity contribution in [2.24, 2.45) is 0 Å². The smallest absolute Gasteiger partial charge is 0.336 e. The van der Waals surface area contributed by atoms with Crippen molar-refractivity contribution in [3.05, 3.63) is 69.6 Å². The summed E-state index contributed by atoms with van der Waals surface area (Å²) in [6.45, 7) is 7.80. The van der Waals surface area contributed by atoms with Crippen LogP contribution in [0, 0.1) is 13.8 Å². The van der Waals surface area contributed by atoms with Crippen LogP contribution in [-0.4, -0.2) is 26.1 Å². The van der Waals surface area contributed by atoms with Gasteiger partial charge >= 0.3 is 5.63 Å². The fourth-order valence-corrected chi connectivity index (χ4v) is 3.66. The number of rotatable bonds is 8. The number of hydrogen-bond acceptors (Lipinski definition) is 4. The van der Waals surface area contributed by atoms with E-state index in [0.29, 0.717) is 30.1 Å². The van der Waals surface area contributed by atoms with Gasteiger partial charge in [-0.2, -0.15) is 0 Å². The van der Waals surface area contributed by atoms with E-state index in [0.717, 1.165) is 39.9 Å². The van der Waals surface area contributed by atoms with E-state index in [-0.39, 0.29) is 11.5 Å². The summed E-state index contributed by atoms with van der Waals surface area (Å²) in [7, 11) is 1.58. The van der Waals surface area contributed by atoms with Gasteiger partial charge in [0.1, 0.15) is 17.9 Å². The Bertz CT molecular complexity index is 1100. The number of carbonyl (C=O) groups excluding carboxylic acids is 1. The van der Waals surface area contributed by atoms with Crippen molar-refractivity contribution in [2.75, 3.05) is 25.5 Å². The van der Waals surface area contributed by atoms with E-state index in [9.17, 15) is 9.59 Å². The number of methoxy groups -OCH3 is 1. The highest BCUT2D eigenvalue weighted by molar-refractivity contribution is 5.93. The molecule has 0 bridgehead atoms. The van der Waals surface area contributed by atoms with Crippen molar-refractivity contribution in [1.82, 2.24) is 0 Å². The maximum atomic E-state index is 12.7. The number of nitrogens with one attached hydrogen (secondary N) is 2. The lowest BCUT2D eigenvalue weighted by atomic mass is 10.0. The lowest BCUT2D eigenvalue weighted by molar-refractivity contribution is -0.905. The summed E-state index contributed by atoms with van der Waals surface area (Å²) in [5.74, 6) is 0.530. The quantitative estimate of drug-likeness (QED) is 0.561. The summed E-state index contributed by atoms with van der Waals surface area (Å²) < 4.78 is 10.7. The minimum Gasteiger partial charge on any atom is -0.495 e. The van der Waals surface area contributed by atoms with Crippen LogP contribution in [0.2, 0.25) is 0 Å². The fraction of sp³-hybridized carbons (Fsp3) is 0.333. The van der Waals surface area contributed by atoms with Crippen LogP contribution < -0.4 is 20.6 Å². The normalized spacial score (nSPS) is 12.0. The Morgan fingerprint density at radius 1 is 1.13 bits per heavy atom. The molecule has 0 aliphatic heterocycles. The minimum atomic E-state index is -0.366. The van der Waals surface area contributed by atoms with E-state index in [1.165, 1.54) is 0 Å². The average Bonchev–Trinajstić information content (AvgIpc) is 2.70. The molecule has 0 radical (unpaired) electrons. The molecule has 0 saturated carbocycles. The largest absolute Gasteiger partial charge is 0.495 e. The molecule has 1 heterocycles. The first-order valence-corrected chi connectivity index (χ1v) is 10.2. The molecular formula is C24H29N2O4+. The topological polar surface area (TPSA) is 73.0 Å². The molecule has 0 spiro atoms. The molecule has 1 unspecified atom stereocenters. The molecule has 6 nitrogen and oxygen atoms in total. The fourth-order valence-electron chi connectivity index (χ4n) is 3.66. The molecule has 2 N–H and O–H groups in total. The van der Waals surface area contributed by atoms with Crippen LogP contribution in [0.1, 0.15) is 30.0 Å². The van der Waals surface area contributed by atoms with Crippen LogP contribution in [0.25, 0.3) is 11.0 Å². The number of ether oxygens (including phenoxy) is 1. The first-order chi connectivity index (χ1) is 14.4. The third kappa shape index (κ3) is 5.07. The van der Waals surface area contributed by atoms with Gasteiger partial charge < -0.3 is 19.4 Å². The number of fused-ring (bicyclic) bond motifs is 1. The Morgan fingerprint density at radius 3 is 2.60 bits per heavy atom. The molecule has 0 aliphatic rings. The zero-order valence-corrected chi connectivity index (χ0v) is 18.0. The van der Waals surface area contributed by atoms with Gasteiger partial charge in [0.05, 0.1) is 19.3 Å². The van der Waals surface area contributed by atoms with E-state index < -0.39 is 0 Å². The molecule has 0 saturated heterocycles. The van der Waals surface area contributed by atoms with Gasteiger partial charge in [0.15, 0.2) is 6.54 Å². The number of amides is 1. The molecule has 30 heavy (non-hydrogen) atoms. The van der Waals surface area contributed by atoms with Gasteiger partial charge in [0.25, 0.3) is 5.91 Å². The number of carbonyl (C=O) groups is 1. The highest BCUT2D eigenvalue weighted by Gasteiger charge is 2.18. The van der Waals surface area contributed by atoms with Crippen LogP contribution in [0.5, 0.6) is 5.75 Å². The third-order valence-corrected chi connectivity index (χ3v) is 5.28. The zero-order chi connectivity index (χ0) is 21.7. The first kappa shape index (κ1) is 21.6. The second kappa shape index (κ2) is 9.59. The van der Waals surface area contributed by atoms with Crippen LogP contribution in [0.15, 0.2) is 51.7 Å². The molecule has 0 aliphatic carbocycles. The predicted molar refractivity (Wildman–Crippen MR) is 118 cm³/mol. The van der Waals surface area contributed by atoms with Crippen LogP contribution in [-0.2, 0) is 11.3 Å². The van der Waals surface area contributed by atoms with Crippen LogP contribution in [0.3, 0.4) is 0 Å². The van der Waals surface area contributed by atoms with Crippen molar-refractivity contribution in [3.8, 4) is 5.75 Å². The van der Waals surface area contributed by atoms with Gasteiger partial charge in [-0.15, -0.1) is 0 Å². The molecule has 158 valence electrons. The SMILES string of the molecule is CCC[NH+](CC(=O)Nc1ccccc1OC)Cc1cc(=O)oc2cc(C)c(C)cc12. The highest BCUT2D eigenvalue weighted by atomic mass is 16.5. The van der Waals surface area contributed by atoms with E-state index in [2.05, 4.69) is 18.3 Å². The minimum absolute atomic E-state index is 0.0951. The lowest BCUT2D eigenvalue weighted by Crippen LogP contribution is -3.11. The Morgan fingerprint density at radius 2 is 1.87 bits per heavy atom. The zero-order valence-electron chi connectivity index (χ0n) is 18.0. The molecule has 6 heteroatoms.